The molecule has 0 amide bonds. The first kappa shape index (κ1) is 25.4. The Hall–Kier alpha value is 1.14. The van der Waals surface area contributed by atoms with E-state index in [0.29, 0.717) is 6.42 Å². The van der Waals surface area contributed by atoms with E-state index in [4.69, 9.17) is 11.6 Å². The molecule has 0 heterocycles. The fraction of sp³-hybridized carbons (Fsp3) is 0.833. The number of hydrogen-bond donors (Lipinski definition) is 0. The van der Waals surface area contributed by atoms with Crippen LogP contribution in [0.2, 0.25) is 0 Å². The van der Waals surface area contributed by atoms with Crippen LogP contribution in [0.5, 0.6) is 0 Å². The summed E-state index contributed by atoms with van der Waals surface area (Å²) in [7, 11) is 0. The zero-order valence-corrected chi connectivity index (χ0v) is 18.5. The molecule has 0 aromatic carbocycles. The van der Waals surface area contributed by atoms with Crippen LogP contribution in [0.15, 0.2) is 12.2 Å². The molecular weight excluding hydrogens is 323 g/mol. The van der Waals surface area contributed by atoms with E-state index in [2.05, 4.69) is 19.1 Å². The molecule has 0 rings (SSSR count). The van der Waals surface area contributed by atoms with Crippen molar-refractivity contribution in [2.75, 3.05) is 0 Å². The molecule has 0 fully saturated rings. The van der Waals surface area contributed by atoms with E-state index in [-0.39, 0.29) is 51.4 Å². The molecule has 0 radical (unpaired) electrons. The molecule has 124 valence electrons. The van der Waals surface area contributed by atoms with Gasteiger partial charge < -0.3 is 9.90 Å². The normalized spacial score (nSPS) is 12.3. The van der Waals surface area contributed by atoms with Gasteiger partial charge in [-0.1, -0.05) is 70.4 Å². The molecule has 1 unspecified atom stereocenters. The summed E-state index contributed by atoms with van der Waals surface area (Å²) in [4.78, 5) is 10.4. The molecule has 0 aliphatic rings. The molecule has 0 spiro atoms. The molecular formula is C18H32ClKO2. The van der Waals surface area contributed by atoms with Crippen molar-refractivity contribution < 1.29 is 61.3 Å². The molecule has 2 nitrogen and oxygen atoms in total. The predicted octanol–water partition coefficient (Wildman–Crippen LogP) is 2.00. The van der Waals surface area contributed by atoms with Crippen LogP contribution in [0.3, 0.4) is 0 Å². The van der Waals surface area contributed by atoms with Gasteiger partial charge in [0.2, 0.25) is 0 Å². The van der Waals surface area contributed by atoms with Gasteiger partial charge in [0.15, 0.2) is 0 Å². The largest absolute Gasteiger partial charge is 1.00 e. The summed E-state index contributed by atoms with van der Waals surface area (Å²) in [5.74, 6) is -1.14. The molecule has 1 atom stereocenters. The molecule has 4 heteroatoms. The van der Waals surface area contributed by atoms with Crippen molar-refractivity contribution in [3.05, 3.63) is 12.2 Å². The van der Waals surface area contributed by atoms with E-state index in [1.54, 1.807) is 0 Å². The average Bonchev–Trinajstić information content (AvgIpc) is 2.47. The maximum Gasteiger partial charge on any atom is 1.00 e. The van der Waals surface area contributed by atoms with Gasteiger partial charge in [-0.15, -0.1) is 11.6 Å². The van der Waals surface area contributed by atoms with Crippen LogP contribution in [-0.4, -0.2) is 11.3 Å². The molecule has 0 saturated carbocycles. The Kier molecular flexibility index (Phi) is 23.3. The summed E-state index contributed by atoms with van der Waals surface area (Å²) >= 11 is 5.59. The van der Waals surface area contributed by atoms with Gasteiger partial charge in [0.25, 0.3) is 0 Å². The van der Waals surface area contributed by atoms with Crippen molar-refractivity contribution in [1.82, 2.24) is 0 Å². The van der Waals surface area contributed by atoms with Crippen LogP contribution in [-0.2, 0) is 4.79 Å². The Morgan fingerprint density at radius 3 is 1.86 bits per heavy atom. The molecule has 0 aliphatic carbocycles. The maximum atomic E-state index is 10.4. The van der Waals surface area contributed by atoms with E-state index >= 15 is 0 Å². The van der Waals surface area contributed by atoms with Gasteiger partial charge in [0, 0.05) is 0 Å². The third kappa shape index (κ3) is 19.2. The van der Waals surface area contributed by atoms with Gasteiger partial charge in [-0.05, 0) is 32.1 Å². The van der Waals surface area contributed by atoms with Gasteiger partial charge in [0.1, 0.15) is 0 Å². The third-order valence-electron chi connectivity index (χ3n) is 3.73. The second-order valence-electron chi connectivity index (χ2n) is 5.81. The number of carbonyl (C=O) groups excluding carboxylic acids is 1. The van der Waals surface area contributed by atoms with Crippen molar-refractivity contribution in [2.45, 2.75) is 95.8 Å². The number of rotatable bonds is 15. The third-order valence-corrected chi connectivity index (χ3v) is 4.12. The molecule has 22 heavy (non-hydrogen) atoms. The van der Waals surface area contributed by atoms with Crippen LogP contribution in [0, 0.1) is 0 Å². The number of allylic oxidation sites excluding steroid dienone is 2. The van der Waals surface area contributed by atoms with Gasteiger partial charge >= 0.3 is 51.4 Å². The summed E-state index contributed by atoms with van der Waals surface area (Å²) in [6, 6.07) is 0. The molecule has 0 aromatic rings. The number of carboxylic acid groups (broad SMARTS) is 1. The van der Waals surface area contributed by atoms with E-state index in [1.165, 1.54) is 51.4 Å². The van der Waals surface area contributed by atoms with Gasteiger partial charge in [-0.25, -0.2) is 0 Å². The summed E-state index contributed by atoms with van der Waals surface area (Å²) in [5, 5.41) is 9.59. The number of unbranched alkanes of at least 4 members (excludes halogenated alkanes) is 10. The topological polar surface area (TPSA) is 40.1 Å². The monoisotopic (exact) mass is 354 g/mol. The van der Waals surface area contributed by atoms with Crippen molar-refractivity contribution in [1.29, 1.82) is 0 Å². The number of carbonyl (C=O) groups is 1. The quantitative estimate of drug-likeness (QED) is 0.195. The van der Waals surface area contributed by atoms with Crippen LogP contribution in [0.1, 0.15) is 90.4 Å². The van der Waals surface area contributed by atoms with Crippen molar-refractivity contribution >= 4 is 17.6 Å². The fourth-order valence-electron chi connectivity index (χ4n) is 2.34. The zero-order chi connectivity index (χ0) is 15.8. The van der Waals surface area contributed by atoms with E-state index < -0.39 is 11.3 Å². The predicted molar refractivity (Wildman–Crippen MR) is 89.5 cm³/mol. The molecule has 0 aromatic heterocycles. The van der Waals surface area contributed by atoms with Crippen molar-refractivity contribution in [3.8, 4) is 0 Å². The number of hydrogen-bond acceptors (Lipinski definition) is 2. The van der Waals surface area contributed by atoms with Gasteiger partial charge in [-0.3, -0.25) is 0 Å². The second-order valence-corrected chi connectivity index (χ2v) is 6.33. The first-order chi connectivity index (χ1) is 10.2. The van der Waals surface area contributed by atoms with Crippen LogP contribution < -0.4 is 56.5 Å². The second kappa shape index (κ2) is 20.2. The summed E-state index contributed by atoms with van der Waals surface area (Å²) in [6.45, 7) is 2.25. The van der Waals surface area contributed by atoms with Crippen molar-refractivity contribution in [3.63, 3.8) is 0 Å². The minimum Gasteiger partial charge on any atom is -0.549 e. The molecule has 0 N–H and O–H groups in total. The molecule has 0 aliphatic heterocycles. The summed E-state index contributed by atoms with van der Waals surface area (Å²) in [6.07, 6.45) is 19.9. The number of halogens is 1. The zero-order valence-electron chi connectivity index (χ0n) is 14.6. The number of aliphatic carboxylic acids is 1. The van der Waals surface area contributed by atoms with Crippen LogP contribution in [0.4, 0.5) is 0 Å². The Bertz CT molecular complexity index is 270. The number of alkyl halides is 1. The summed E-state index contributed by atoms with van der Waals surface area (Å²) in [5.41, 5.74) is 0. The minimum atomic E-state index is -1.14. The van der Waals surface area contributed by atoms with E-state index in [1.807, 2.05) is 0 Å². The molecule has 0 saturated heterocycles. The SMILES string of the molecule is CCCCCCCC/C=C\CCCCCCC(Cl)C(=O)[O-].[K+]. The number of carboxylic acids is 1. The Balaban J connectivity index is 0. The Morgan fingerprint density at radius 1 is 0.909 bits per heavy atom. The van der Waals surface area contributed by atoms with Gasteiger partial charge in [-0.2, -0.15) is 0 Å². The Labute approximate surface area is 184 Å². The average molecular weight is 355 g/mol. The smallest absolute Gasteiger partial charge is 0.549 e. The maximum absolute atomic E-state index is 10.4. The van der Waals surface area contributed by atoms with Crippen LogP contribution >= 0.6 is 11.6 Å². The first-order valence-corrected chi connectivity index (χ1v) is 9.12. The standard InChI is InChI=1S/C18H33ClO2.K/c1-2-3-4-5-6-7-8-9-10-11-12-13-14-15-16-17(19)18(20)21;/h9-10,17H,2-8,11-16H2,1H3,(H,20,21);/q;+1/p-1/b10-9-;. The molecule has 0 bridgehead atoms. The van der Waals surface area contributed by atoms with Crippen molar-refractivity contribution in [2.24, 2.45) is 0 Å². The van der Waals surface area contributed by atoms with Crippen LogP contribution in [0.25, 0.3) is 0 Å². The first-order valence-electron chi connectivity index (χ1n) is 8.68. The van der Waals surface area contributed by atoms with E-state index in [0.717, 1.165) is 25.7 Å². The minimum absolute atomic E-state index is 0. The van der Waals surface area contributed by atoms with Gasteiger partial charge in [0.05, 0.1) is 11.3 Å². The summed E-state index contributed by atoms with van der Waals surface area (Å²) < 4.78 is 0. The fourth-order valence-corrected chi connectivity index (χ4v) is 2.49. The Morgan fingerprint density at radius 2 is 1.36 bits per heavy atom. The van der Waals surface area contributed by atoms with E-state index in [9.17, 15) is 9.90 Å².